The Labute approximate surface area is 263 Å². The molecule has 7 heteroatoms. The predicted molar refractivity (Wildman–Crippen MR) is 180 cm³/mol. The summed E-state index contributed by atoms with van der Waals surface area (Å²) in [5.41, 5.74) is 4.42. The minimum absolute atomic E-state index is 0.0523. The largest absolute Gasteiger partial charge is 0.494 e. The Balaban J connectivity index is 1.43. The normalized spacial score (nSPS) is 16.9. The molecular formula is C37H41N3O3S. The Morgan fingerprint density at radius 1 is 0.909 bits per heavy atom. The first kappa shape index (κ1) is 29.9. The predicted octanol–water partition coefficient (Wildman–Crippen LogP) is 7.59. The zero-order valence-electron chi connectivity index (χ0n) is 25.7. The zero-order valence-corrected chi connectivity index (χ0v) is 26.5. The fraction of sp³-hybridized carbons (Fsp3) is 0.351. The van der Waals surface area contributed by atoms with Crippen molar-refractivity contribution >= 4 is 35.0 Å². The topological polar surface area (TPSA) is 56.5 Å². The van der Waals surface area contributed by atoms with E-state index in [9.17, 15) is 9.59 Å². The van der Waals surface area contributed by atoms with Crippen molar-refractivity contribution in [2.45, 2.75) is 64.6 Å². The molecule has 4 aromatic rings. The van der Waals surface area contributed by atoms with Crippen LogP contribution < -0.4 is 10.4 Å². The van der Waals surface area contributed by atoms with Gasteiger partial charge in [0.2, 0.25) is 5.91 Å². The lowest BCUT2D eigenvalue weighted by Gasteiger charge is -2.33. The van der Waals surface area contributed by atoms with E-state index in [1.165, 1.54) is 6.42 Å². The molecule has 0 spiro atoms. The van der Waals surface area contributed by atoms with Gasteiger partial charge in [-0.1, -0.05) is 80.8 Å². The number of nitrogens with zero attached hydrogens (tertiary/aromatic N) is 3. The first-order valence-corrected chi connectivity index (χ1v) is 16.7. The standard InChI is InChI=1S/C37H41N3O3S/c1-27-32(28-14-6-3-7-15-28)24-35-34(25-33(27)36(41)38(2)29-16-8-4-9-17-29)39(21-13-22-43-30-18-10-5-11-19-30)37(42)40(35)26-31-20-12-23-44-31/h3,5-7,10-12,14-15,18-20,23-25,27,29H,4,8-9,13,16-17,21-22,26H2,1-2H3/t27-/m1/s1. The number of rotatable bonds is 10. The number of carbonyl (C=O) groups is 1. The van der Waals surface area contributed by atoms with Crippen molar-refractivity contribution in [1.29, 1.82) is 0 Å². The minimum atomic E-state index is -0.150. The molecule has 6 rings (SSSR count). The van der Waals surface area contributed by atoms with Gasteiger partial charge in [-0.15, -0.1) is 11.3 Å². The van der Waals surface area contributed by atoms with E-state index in [0.29, 0.717) is 26.1 Å². The second-order valence-corrected chi connectivity index (χ2v) is 12.9. The third kappa shape index (κ3) is 6.39. The van der Waals surface area contributed by atoms with Gasteiger partial charge in [0.15, 0.2) is 0 Å². The molecule has 44 heavy (non-hydrogen) atoms. The molecule has 2 aromatic heterocycles. The van der Waals surface area contributed by atoms with E-state index in [2.05, 4.69) is 31.2 Å². The van der Waals surface area contributed by atoms with Gasteiger partial charge in [0.25, 0.3) is 0 Å². The third-order valence-electron chi connectivity index (χ3n) is 9.05. The quantitative estimate of drug-likeness (QED) is 0.175. The molecule has 0 aliphatic heterocycles. The molecule has 2 aromatic carbocycles. The number of allylic oxidation sites excluding steroid dienone is 1. The number of carbonyl (C=O) groups excluding carboxylic acids is 1. The van der Waals surface area contributed by atoms with Crippen LogP contribution in [0.15, 0.2) is 88.5 Å². The Morgan fingerprint density at radius 3 is 2.32 bits per heavy atom. The molecule has 0 unspecified atom stereocenters. The smallest absolute Gasteiger partial charge is 0.329 e. The second-order valence-electron chi connectivity index (χ2n) is 11.9. The van der Waals surface area contributed by atoms with Crippen molar-refractivity contribution in [3.63, 3.8) is 0 Å². The van der Waals surface area contributed by atoms with Crippen molar-refractivity contribution in [2.75, 3.05) is 13.7 Å². The summed E-state index contributed by atoms with van der Waals surface area (Å²) in [7, 11) is 1.96. The summed E-state index contributed by atoms with van der Waals surface area (Å²) < 4.78 is 9.70. The van der Waals surface area contributed by atoms with Gasteiger partial charge in [-0.3, -0.25) is 13.9 Å². The van der Waals surface area contributed by atoms with E-state index in [4.69, 9.17) is 4.74 Å². The van der Waals surface area contributed by atoms with Gasteiger partial charge in [0.1, 0.15) is 5.75 Å². The number of para-hydroxylation sites is 1. The number of hydrogen-bond donors (Lipinski definition) is 0. The maximum Gasteiger partial charge on any atom is 0.329 e. The Kier molecular flexibility index (Phi) is 9.31. The molecule has 6 nitrogen and oxygen atoms in total. The number of imidazole rings is 1. The highest BCUT2D eigenvalue weighted by atomic mass is 32.1. The van der Waals surface area contributed by atoms with Crippen LogP contribution in [0.2, 0.25) is 0 Å². The van der Waals surface area contributed by atoms with Crippen LogP contribution in [-0.4, -0.2) is 39.6 Å². The van der Waals surface area contributed by atoms with E-state index < -0.39 is 0 Å². The molecular weight excluding hydrogens is 566 g/mol. The molecule has 2 aliphatic rings. The Hall–Kier alpha value is -4.10. The van der Waals surface area contributed by atoms with Gasteiger partial charge < -0.3 is 9.64 Å². The van der Waals surface area contributed by atoms with Gasteiger partial charge in [-0.25, -0.2) is 4.79 Å². The third-order valence-corrected chi connectivity index (χ3v) is 9.91. The van der Waals surface area contributed by atoms with Gasteiger partial charge in [0, 0.05) is 36.0 Å². The lowest BCUT2D eigenvalue weighted by Crippen LogP contribution is -2.40. The average molecular weight is 608 g/mol. The minimum Gasteiger partial charge on any atom is -0.494 e. The summed E-state index contributed by atoms with van der Waals surface area (Å²) in [6, 6.07) is 24.4. The Morgan fingerprint density at radius 2 is 1.61 bits per heavy atom. The lowest BCUT2D eigenvalue weighted by molar-refractivity contribution is -0.128. The van der Waals surface area contributed by atoms with E-state index in [0.717, 1.165) is 64.4 Å². The summed E-state index contributed by atoms with van der Waals surface area (Å²) in [6.07, 6.45) is 10.5. The van der Waals surface area contributed by atoms with Crippen LogP contribution in [0.3, 0.4) is 0 Å². The molecule has 0 saturated heterocycles. The second kappa shape index (κ2) is 13.7. The van der Waals surface area contributed by atoms with Crippen LogP contribution in [-0.2, 0) is 17.9 Å². The van der Waals surface area contributed by atoms with Gasteiger partial charge in [-0.2, -0.15) is 0 Å². The van der Waals surface area contributed by atoms with E-state index in [1.807, 2.05) is 87.1 Å². The fourth-order valence-corrected chi connectivity index (χ4v) is 7.24. The van der Waals surface area contributed by atoms with Crippen LogP contribution in [0.25, 0.3) is 17.7 Å². The fourth-order valence-electron chi connectivity index (χ4n) is 6.55. The van der Waals surface area contributed by atoms with E-state index in [1.54, 1.807) is 11.3 Å². The number of ether oxygens (including phenoxy) is 1. The van der Waals surface area contributed by atoms with Crippen molar-refractivity contribution in [3.8, 4) is 5.75 Å². The van der Waals surface area contributed by atoms with Crippen LogP contribution in [0.1, 0.15) is 67.3 Å². The molecule has 2 heterocycles. The number of thiophene rings is 1. The molecule has 0 N–H and O–H groups in total. The monoisotopic (exact) mass is 607 g/mol. The summed E-state index contributed by atoms with van der Waals surface area (Å²) in [6.45, 7) is 3.59. The SMILES string of the molecule is C[C@H]1C(C(=O)N(C)C2CCCCC2)=Cc2c(n(Cc3cccs3)c(=O)n2CCCOc2ccccc2)C=C1c1ccccc1. The van der Waals surface area contributed by atoms with E-state index in [-0.39, 0.29) is 23.6 Å². The van der Waals surface area contributed by atoms with Crippen LogP contribution in [0.4, 0.5) is 0 Å². The summed E-state index contributed by atoms with van der Waals surface area (Å²) >= 11 is 1.65. The highest BCUT2D eigenvalue weighted by Crippen LogP contribution is 2.38. The van der Waals surface area contributed by atoms with Gasteiger partial charge in [-0.05, 0) is 66.1 Å². The molecule has 1 amide bonds. The molecule has 1 saturated carbocycles. The van der Waals surface area contributed by atoms with Crippen LogP contribution >= 0.6 is 11.3 Å². The zero-order chi connectivity index (χ0) is 30.5. The van der Waals surface area contributed by atoms with Crippen molar-refractivity contribution in [2.24, 2.45) is 5.92 Å². The number of benzene rings is 2. The highest BCUT2D eigenvalue weighted by molar-refractivity contribution is 7.09. The summed E-state index contributed by atoms with van der Waals surface area (Å²) in [4.78, 5) is 31.6. The first-order valence-electron chi connectivity index (χ1n) is 15.8. The summed E-state index contributed by atoms with van der Waals surface area (Å²) in [5.74, 6) is 0.719. The number of hydrogen-bond acceptors (Lipinski definition) is 4. The van der Waals surface area contributed by atoms with Crippen LogP contribution in [0.5, 0.6) is 5.75 Å². The highest BCUT2D eigenvalue weighted by Gasteiger charge is 2.32. The molecule has 2 aliphatic carbocycles. The van der Waals surface area contributed by atoms with Crippen molar-refractivity contribution in [1.82, 2.24) is 14.0 Å². The lowest BCUT2D eigenvalue weighted by atomic mass is 9.86. The maximum absolute atomic E-state index is 14.3. The number of fused-ring (bicyclic) bond motifs is 1. The van der Waals surface area contributed by atoms with Gasteiger partial charge >= 0.3 is 5.69 Å². The molecule has 0 radical (unpaired) electrons. The average Bonchev–Trinajstić information content (AvgIpc) is 3.63. The molecule has 0 bridgehead atoms. The van der Waals surface area contributed by atoms with Crippen molar-refractivity contribution < 1.29 is 9.53 Å². The molecule has 228 valence electrons. The van der Waals surface area contributed by atoms with Crippen molar-refractivity contribution in [3.05, 3.63) is 116 Å². The molecule has 1 fully saturated rings. The first-order chi connectivity index (χ1) is 21.5. The van der Waals surface area contributed by atoms with E-state index >= 15 is 0 Å². The Bertz CT molecular complexity index is 1680. The maximum atomic E-state index is 14.3. The van der Waals surface area contributed by atoms with Crippen LogP contribution in [0, 0.1) is 5.92 Å². The van der Waals surface area contributed by atoms with Gasteiger partial charge in [0.05, 0.1) is 24.5 Å². The summed E-state index contributed by atoms with van der Waals surface area (Å²) in [5, 5.41) is 2.04. The number of likely N-dealkylation sites (N-methyl/N-ethyl adjacent to an activating group) is 1. The molecule has 1 atom stereocenters. The number of aromatic nitrogens is 2. The number of amides is 1.